The van der Waals surface area contributed by atoms with Gasteiger partial charge >= 0.3 is 12.5 Å². The lowest BCUT2D eigenvalue weighted by molar-refractivity contribution is -0.274. The Morgan fingerprint density at radius 1 is 1.20 bits per heavy atom. The summed E-state index contributed by atoms with van der Waals surface area (Å²) in [6.45, 7) is 3.81. The number of amides is 1. The smallest absolute Gasteiger partial charge is 0.406 e. The molecular formula is C18H16F6N4O2. The van der Waals surface area contributed by atoms with Crippen LogP contribution in [0.1, 0.15) is 5.69 Å². The highest BCUT2D eigenvalue weighted by Gasteiger charge is 2.38. The van der Waals surface area contributed by atoms with Crippen molar-refractivity contribution in [2.24, 2.45) is 5.92 Å². The number of aromatic nitrogens is 2. The first-order valence-electron chi connectivity index (χ1n) is 8.65. The van der Waals surface area contributed by atoms with Crippen molar-refractivity contribution in [3.63, 3.8) is 0 Å². The van der Waals surface area contributed by atoms with Crippen LogP contribution < -0.4 is 15.0 Å². The molecule has 3 rings (SSSR count). The van der Waals surface area contributed by atoms with Gasteiger partial charge in [-0.2, -0.15) is 18.3 Å². The average Bonchev–Trinajstić information content (AvgIpc) is 3.09. The van der Waals surface area contributed by atoms with Crippen LogP contribution in [0.5, 0.6) is 5.75 Å². The number of hydrogen-bond acceptors (Lipinski definition) is 4. The molecule has 0 radical (unpaired) electrons. The maximum absolute atomic E-state index is 13.1. The molecule has 12 heteroatoms. The number of carbonyl (C=O) groups excluding carboxylic acids is 1. The fourth-order valence-corrected chi connectivity index (χ4v) is 3.06. The minimum Gasteiger partial charge on any atom is -0.406 e. The van der Waals surface area contributed by atoms with E-state index in [1.807, 2.05) is 0 Å². The van der Waals surface area contributed by atoms with Crippen molar-refractivity contribution in [1.29, 1.82) is 0 Å². The Balaban J connectivity index is 1.90. The van der Waals surface area contributed by atoms with Crippen LogP contribution in [-0.2, 0) is 17.5 Å². The summed E-state index contributed by atoms with van der Waals surface area (Å²) in [5, 5.41) is 6.19. The third-order valence-electron chi connectivity index (χ3n) is 4.33. The quantitative estimate of drug-likeness (QED) is 0.574. The Labute approximate surface area is 166 Å². The molecule has 1 aliphatic rings. The molecule has 6 nitrogen and oxygen atoms in total. The Bertz CT molecular complexity index is 920. The Morgan fingerprint density at radius 2 is 1.87 bits per heavy atom. The number of ether oxygens (including phenoxy) is 1. The van der Waals surface area contributed by atoms with Crippen molar-refractivity contribution in [2.45, 2.75) is 19.1 Å². The van der Waals surface area contributed by atoms with Crippen molar-refractivity contribution >= 4 is 17.4 Å². The van der Waals surface area contributed by atoms with Crippen LogP contribution >= 0.6 is 0 Å². The van der Waals surface area contributed by atoms with E-state index in [2.05, 4.69) is 21.7 Å². The third kappa shape index (κ3) is 5.05. The fourth-order valence-electron chi connectivity index (χ4n) is 3.06. The van der Waals surface area contributed by atoms with E-state index in [9.17, 15) is 31.1 Å². The lowest BCUT2D eigenvalue weighted by atomic mass is 10.1. The number of hydrogen-bond donors (Lipinski definition) is 1. The number of rotatable bonds is 5. The molecule has 0 spiro atoms. The molecule has 2 heterocycles. The molecule has 0 aliphatic carbocycles. The summed E-state index contributed by atoms with van der Waals surface area (Å²) < 4.78 is 81.4. The molecule has 1 atom stereocenters. The number of halogens is 6. The van der Waals surface area contributed by atoms with Gasteiger partial charge in [0.15, 0.2) is 5.69 Å². The van der Waals surface area contributed by atoms with Crippen LogP contribution in [0.3, 0.4) is 0 Å². The van der Waals surface area contributed by atoms with Gasteiger partial charge in [-0.1, -0.05) is 6.58 Å². The highest BCUT2D eigenvalue weighted by atomic mass is 19.4. The Kier molecular flexibility index (Phi) is 5.68. The second kappa shape index (κ2) is 7.92. The van der Waals surface area contributed by atoms with Crippen molar-refractivity contribution < 1.29 is 35.9 Å². The van der Waals surface area contributed by atoms with E-state index in [0.717, 1.165) is 29.0 Å². The number of fused-ring (bicyclic) bond motifs is 1. The summed E-state index contributed by atoms with van der Waals surface area (Å²) >= 11 is 0. The van der Waals surface area contributed by atoms with Gasteiger partial charge in [0.1, 0.15) is 11.6 Å². The van der Waals surface area contributed by atoms with Crippen LogP contribution in [0.25, 0.3) is 0 Å². The van der Waals surface area contributed by atoms with Gasteiger partial charge in [-0.25, -0.2) is 4.68 Å². The fraction of sp³-hybridized carbons (Fsp3) is 0.333. The summed E-state index contributed by atoms with van der Waals surface area (Å²) in [4.78, 5) is 12.9. The molecule has 0 unspecified atom stereocenters. The predicted molar refractivity (Wildman–Crippen MR) is 94.1 cm³/mol. The molecule has 1 aromatic heterocycles. The molecule has 2 aromatic rings. The van der Waals surface area contributed by atoms with E-state index in [1.165, 1.54) is 17.0 Å². The molecule has 1 amide bonds. The molecule has 1 aliphatic heterocycles. The largest absolute Gasteiger partial charge is 0.573 e. The first-order valence-corrected chi connectivity index (χ1v) is 8.65. The standard InChI is InChI=1S/C18H16F6N4O2/c1-2-15(29)25-8-11-9-27(12-3-5-13(6-4-12)30-18(22,23)24)16-7-14(17(19,20)21)26-28(16)10-11/h2-7,11H,1,8-10H2,(H,25,29)/t11-/m1/s1. The van der Waals surface area contributed by atoms with Crippen LogP contribution in [0.4, 0.5) is 37.8 Å². The molecule has 0 saturated carbocycles. The first-order chi connectivity index (χ1) is 14.0. The number of anilines is 2. The number of nitrogens with one attached hydrogen (secondary N) is 1. The van der Waals surface area contributed by atoms with Crippen molar-refractivity contribution in [2.75, 3.05) is 18.0 Å². The average molecular weight is 434 g/mol. The van der Waals surface area contributed by atoms with Crippen molar-refractivity contribution in [3.8, 4) is 5.75 Å². The molecular weight excluding hydrogens is 418 g/mol. The highest BCUT2D eigenvalue weighted by Crippen LogP contribution is 2.37. The molecule has 0 bridgehead atoms. The van der Waals surface area contributed by atoms with E-state index < -0.39 is 29.9 Å². The maximum Gasteiger partial charge on any atom is 0.573 e. The number of alkyl halides is 6. The third-order valence-corrected chi connectivity index (χ3v) is 4.33. The van der Waals surface area contributed by atoms with Crippen LogP contribution in [0.15, 0.2) is 43.0 Å². The summed E-state index contributed by atoms with van der Waals surface area (Å²) in [5.74, 6) is -1.06. The number of benzene rings is 1. The zero-order valence-corrected chi connectivity index (χ0v) is 15.3. The van der Waals surface area contributed by atoms with Gasteiger partial charge in [0.2, 0.25) is 5.91 Å². The summed E-state index contributed by atoms with van der Waals surface area (Å²) in [7, 11) is 0. The Hall–Kier alpha value is -3.18. The first kappa shape index (κ1) is 21.5. The second-order valence-electron chi connectivity index (χ2n) is 6.54. The number of carbonyl (C=O) groups is 1. The van der Waals surface area contributed by atoms with Gasteiger partial charge in [0.05, 0.1) is 0 Å². The van der Waals surface area contributed by atoms with E-state index in [4.69, 9.17) is 0 Å². The minimum absolute atomic E-state index is 0.120. The molecule has 0 saturated heterocycles. The highest BCUT2D eigenvalue weighted by molar-refractivity contribution is 5.86. The molecule has 1 aromatic carbocycles. The van der Waals surface area contributed by atoms with Gasteiger partial charge in [-0.05, 0) is 30.3 Å². The van der Waals surface area contributed by atoms with Crippen molar-refractivity contribution in [1.82, 2.24) is 15.1 Å². The van der Waals surface area contributed by atoms with Gasteiger partial charge in [-0.15, -0.1) is 13.2 Å². The van der Waals surface area contributed by atoms with E-state index in [0.29, 0.717) is 5.69 Å². The summed E-state index contributed by atoms with van der Waals surface area (Å²) in [6, 6.07) is 5.61. The van der Waals surface area contributed by atoms with E-state index in [-0.39, 0.29) is 31.4 Å². The molecule has 30 heavy (non-hydrogen) atoms. The van der Waals surface area contributed by atoms with Crippen molar-refractivity contribution in [3.05, 3.63) is 48.7 Å². The van der Waals surface area contributed by atoms with Gasteiger partial charge in [0.25, 0.3) is 0 Å². The zero-order valence-electron chi connectivity index (χ0n) is 15.3. The lowest BCUT2D eigenvalue weighted by Crippen LogP contribution is -2.41. The Morgan fingerprint density at radius 3 is 2.43 bits per heavy atom. The lowest BCUT2D eigenvalue weighted by Gasteiger charge is -2.34. The molecule has 0 fully saturated rings. The maximum atomic E-state index is 13.1. The molecule has 1 N–H and O–H groups in total. The monoisotopic (exact) mass is 434 g/mol. The van der Waals surface area contributed by atoms with Gasteiger partial charge in [0, 0.05) is 37.3 Å². The SMILES string of the molecule is C=CC(=O)NC[C@@H]1CN(c2ccc(OC(F)(F)F)cc2)c2cc(C(F)(F)F)nn2C1. The minimum atomic E-state index is -4.86. The number of nitrogens with zero attached hydrogens (tertiary/aromatic N) is 3. The summed E-state index contributed by atoms with van der Waals surface area (Å²) in [6.07, 6.45) is -8.45. The van der Waals surface area contributed by atoms with Gasteiger partial charge < -0.3 is 15.0 Å². The topological polar surface area (TPSA) is 59.4 Å². The van der Waals surface area contributed by atoms with E-state index >= 15 is 0 Å². The van der Waals surface area contributed by atoms with Crippen LogP contribution in [0, 0.1) is 5.92 Å². The summed E-state index contributed by atoms with van der Waals surface area (Å²) in [5.41, 5.74) is -0.741. The van der Waals surface area contributed by atoms with E-state index in [1.54, 1.807) is 0 Å². The zero-order chi connectivity index (χ0) is 22.1. The molecule has 162 valence electrons. The second-order valence-corrected chi connectivity index (χ2v) is 6.54. The van der Waals surface area contributed by atoms with Gasteiger partial charge in [-0.3, -0.25) is 4.79 Å². The van der Waals surface area contributed by atoms with Crippen LogP contribution in [-0.4, -0.2) is 35.1 Å². The predicted octanol–water partition coefficient (Wildman–Crippen LogP) is 3.87. The van der Waals surface area contributed by atoms with Crippen LogP contribution in [0.2, 0.25) is 0 Å². The normalized spacial score (nSPS) is 16.7.